The summed E-state index contributed by atoms with van der Waals surface area (Å²) in [4.78, 5) is 14.8. The average Bonchev–Trinajstić information content (AvgIpc) is 3.29. The molecule has 0 spiro atoms. The maximum absolute atomic E-state index is 12.5. The molecule has 4 nitrogen and oxygen atoms in total. The van der Waals surface area contributed by atoms with Crippen LogP contribution in [0.3, 0.4) is 0 Å². The highest BCUT2D eigenvalue weighted by molar-refractivity contribution is 5.85. The van der Waals surface area contributed by atoms with Crippen LogP contribution in [0.5, 0.6) is 0 Å². The molecule has 108 valence electrons. The smallest absolute Gasteiger partial charge is 0.239 e. The van der Waals surface area contributed by atoms with Crippen LogP contribution in [0.1, 0.15) is 39.5 Å². The summed E-state index contributed by atoms with van der Waals surface area (Å²) in [7, 11) is 0. The number of carbonyl (C=O) groups is 1. The van der Waals surface area contributed by atoms with Crippen molar-refractivity contribution in [2.45, 2.75) is 45.1 Å². The van der Waals surface area contributed by atoms with Crippen molar-refractivity contribution in [1.29, 1.82) is 0 Å². The van der Waals surface area contributed by atoms with Gasteiger partial charge in [-0.2, -0.15) is 0 Å². The Morgan fingerprint density at radius 3 is 2.47 bits per heavy atom. The van der Waals surface area contributed by atoms with Crippen LogP contribution in [0.4, 0.5) is 0 Å². The minimum Gasteiger partial charge on any atom is -0.354 e. The van der Waals surface area contributed by atoms with Gasteiger partial charge in [0.05, 0.1) is 5.54 Å². The van der Waals surface area contributed by atoms with Gasteiger partial charge < -0.3 is 10.6 Å². The molecule has 1 amide bonds. The molecule has 1 aliphatic heterocycles. The van der Waals surface area contributed by atoms with E-state index >= 15 is 0 Å². The van der Waals surface area contributed by atoms with Crippen molar-refractivity contribution in [3.8, 4) is 0 Å². The summed E-state index contributed by atoms with van der Waals surface area (Å²) in [5, 5.41) is 6.59. The van der Waals surface area contributed by atoms with E-state index in [0.29, 0.717) is 5.41 Å². The Balaban J connectivity index is 1.53. The van der Waals surface area contributed by atoms with Crippen LogP contribution in [0, 0.1) is 11.3 Å². The maximum atomic E-state index is 12.5. The predicted molar refractivity (Wildman–Crippen MR) is 75.9 cm³/mol. The second kappa shape index (κ2) is 4.74. The molecule has 0 radical (unpaired) electrons. The van der Waals surface area contributed by atoms with E-state index in [1.54, 1.807) is 0 Å². The summed E-state index contributed by atoms with van der Waals surface area (Å²) in [6.45, 7) is 8.94. The van der Waals surface area contributed by atoms with Crippen molar-refractivity contribution in [3.63, 3.8) is 0 Å². The van der Waals surface area contributed by atoms with E-state index in [0.717, 1.165) is 38.6 Å². The largest absolute Gasteiger partial charge is 0.354 e. The quantitative estimate of drug-likeness (QED) is 0.779. The van der Waals surface area contributed by atoms with Crippen molar-refractivity contribution in [3.05, 3.63) is 0 Å². The topological polar surface area (TPSA) is 44.4 Å². The van der Waals surface area contributed by atoms with Crippen LogP contribution in [-0.4, -0.2) is 49.1 Å². The van der Waals surface area contributed by atoms with Crippen molar-refractivity contribution in [2.24, 2.45) is 11.3 Å². The van der Waals surface area contributed by atoms with Crippen molar-refractivity contribution < 1.29 is 4.79 Å². The van der Waals surface area contributed by atoms with Gasteiger partial charge in [0.1, 0.15) is 0 Å². The first-order valence-corrected chi connectivity index (χ1v) is 7.79. The third kappa shape index (κ3) is 2.65. The SMILES string of the molecule is CC(C)(C(=O)NCC1(C2CC2)CC1)N1CCNCC1. The number of nitrogens with one attached hydrogen (secondary N) is 2. The summed E-state index contributed by atoms with van der Waals surface area (Å²) in [5.41, 5.74) is 0.122. The average molecular weight is 265 g/mol. The highest BCUT2D eigenvalue weighted by Gasteiger charge is 2.54. The molecule has 2 aliphatic carbocycles. The predicted octanol–water partition coefficient (Wildman–Crippen LogP) is 0.977. The normalized spacial score (nSPS) is 27.1. The third-order valence-electron chi connectivity index (χ3n) is 5.40. The zero-order chi connectivity index (χ0) is 13.5. The number of rotatable bonds is 5. The number of piperazine rings is 1. The van der Waals surface area contributed by atoms with Gasteiger partial charge in [-0.3, -0.25) is 9.69 Å². The van der Waals surface area contributed by atoms with Gasteiger partial charge in [0, 0.05) is 32.7 Å². The second-order valence-corrected chi connectivity index (χ2v) is 7.12. The number of nitrogens with zero attached hydrogens (tertiary/aromatic N) is 1. The zero-order valence-corrected chi connectivity index (χ0v) is 12.3. The number of amides is 1. The Kier molecular flexibility index (Phi) is 3.34. The Labute approximate surface area is 116 Å². The molecule has 2 saturated carbocycles. The molecule has 0 aromatic heterocycles. The molecule has 1 saturated heterocycles. The van der Waals surface area contributed by atoms with E-state index in [4.69, 9.17) is 0 Å². The Morgan fingerprint density at radius 2 is 1.95 bits per heavy atom. The van der Waals surface area contributed by atoms with Crippen molar-refractivity contribution >= 4 is 5.91 Å². The summed E-state index contributed by atoms with van der Waals surface area (Å²) < 4.78 is 0. The lowest BCUT2D eigenvalue weighted by molar-refractivity contribution is -0.132. The molecular formula is C15H27N3O. The standard InChI is InChI=1S/C15H27N3O/c1-14(2,18-9-7-16-8-10-18)13(19)17-11-15(5-6-15)12-3-4-12/h12,16H,3-11H2,1-2H3,(H,17,19). The molecule has 3 rings (SSSR count). The van der Waals surface area contributed by atoms with E-state index in [9.17, 15) is 4.79 Å². The summed E-state index contributed by atoms with van der Waals surface area (Å²) in [6, 6.07) is 0. The Morgan fingerprint density at radius 1 is 1.32 bits per heavy atom. The fourth-order valence-electron chi connectivity index (χ4n) is 3.43. The van der Waals surface area contributed by atoms with E-state index in [1.165, 1.54) is 25.7 Å². The molecule has 0 bridgehead atoms. The molecule has 3 aliphatic rings. The first-order valence-electron chi connectivity index (χ1n) is 7.79. The molecule has 0 unspecified atom stereocenters. The zero-order valence-electron chi connectivity index (χ0n) is 12.3. The molecular weight excluding hydrogens is 238 g/mol. The molecule has 0 aromatic rings. The first-order chi connectivity index (χ1) is 9.05. The lowest BCUT2D eigenvalue weighted by Crippen LogP contribution is -2.60. The highest BCUT2D eigenvalue weighted by Crippen LogP contribution is 2.60. The van der Waals surface area contributed by atoms with Crippen molar-refractivity contribution in [2.75, 3.05) is 32.7 Å². The number of hydrogen-bond acceptors (Lipinski definition) is 3. The minimum atomic E-state index is -0.373. The molecule has 4 heteroatoms. The van der Waals surface area contributed by atoms with Crippen LogP contribution in [0.25, 0.3) is 0 Å². The first kappa shape index (κ1) is 13.4. The van der Waals surface area contributed by atoms with Gasteiger partial charge in [-0.05, 0) is 50.9 Å². The molecule has 0 aromatic carbocycles. The molecule has 0 atom stereocenters. The molecule has 2 N–H and O–H groups in total. The summed E-state index contributed by atoms with van der Waals surface area (Å²) in [6.07, 6.45) is 5.42. The monoisotopic (exact) mass is 265 g/mol. The Hall–Kier alpha value is -0.610. The van der Waals surface area contributed by atoms with Gasteiger partial charge >= 0.3 is 0 Å². The van der Waals surface area contributed by atoms with Crippen LogP contribution >= 0.6 is 0 Å². The van der Waals surface area contributed by atoms with Crippen LogP contribution in [0.2, 0.25) is 0 Å². The van der Waals surface area contributed by atoms with Crippen LogP contribution in [0.15, 0.2) is 0 Å². The van der Waals surface area contributed by atoms with Gasteiger partial charge in [0.15, 0.2) is 0 Å². The van der Waals surface area contributed by atoms with E-state index < -0.39 is 0 Å². The summed E-state index contributed by atoms with van der Waals surface area (Å²) in [5.74, 6) is 1.12. The minimum absolute atomic E-state index is 0.210. The maximum Gasteiger partial charge on any atom is 0.239 e. The van der Waals surface area contributed by atoms with Gasteiger partial charge in [-0.15, -0.1) is 0 Å². The van der Waals surface area contributed by atoms with Gasteiger partial charge in [0.25, 0.3) is 0 Å². The Bertz CT molecular complexity index is 352. The van der Waals surface area contributed by atoms with E-state index in [-0.39, 0.29) is 11.4 Å². The molecule has 3 fully saturated rings. The second-order valence-electron chi connectivity index (χ2n) is 7.12. The van der Waals surface area contributed by atoms with E-state index in [2.05, 4.69) is 29.4 Å². The number of hydrogen-bond donors (Lipinski definition) is 2. The highest BCUT2D eigenvalue weighted by atomic mass is 16.2. The van der Waals surface area contributed by atoms with Crippen LogP contribution in [-0.2, 0) is 4.79 Å². The van der Waals surface area contributed by atoms with E-state index in [1.807, 2.05) is 0 Å². The lowest BCUT2D eigenvalue weighted by Gasteiger charge is -2.40. The number of carbonyl (C=O) groups excluding carboxylic acids is 1. The van der Waals surface area contributed by atoms with Crippen LogP contribution < -0.4 is 10.6 Å². The lowest BCUT2D eigenvalue weighted by atomic mass is 9.97. The van der Waals surface area contributed by atoms with Gasteiger partial charge in [-0.1, -0.05) is 0 Å². The fraction of sp³-hybridized carbons (Fsp3) is 0.933. The van der Waals surface area contributed by atoms with Gasteiger partial charge in [0.2, 0.25) is 5.91 Å². The summed E-state index contributed by atoms with van der Waals surface area (Å²) >= 11 is 0. The third-order valence-corrected chi connectivity index (χ3v) is 5.40. The molecule has 19 heavy (non-hydrogen) atoms. The van der Waals surface area contributed by atoms with Gasteiger partial charge in [-0.25, -0.2) is 0 Å². The van der Waals surface area contributed by atoms with Crippen molar-refractivity contribution in [1.82, 2.24) is 15.5 Å². The fourth-order valence-corrected chi connectivity index (χ4v) is 3.43. The molecule has 1 heterocycles.